The highest BCUT2D eigenvalue weighted by atomic mass is 32.1. The number of thiophene rings is 1. The second-order valence-electron chi connectivity index (χ2n) is 4.61. The van der Waals surface area contributed by atoms with Crippen LogP contribution in [0.5, 0.6) is 0 Å². The van der Waals surface area contributed by atoms with E-state index in [0.29, 0.717) is 16.0 Å². The van der Waals surface area contributed by atoms with Gasteiger partial charge >= 0.3 is 0 Å². The Morgan fingerprint density at radius 2 is 2.05 bits per heavy atom. The first-order valence-corrected chi connectivity index (χ1v) is 7.17. The van der Waals surface area contributed by atoms with E-state index in [9.17, 15) is 9.18 Å². The summed E-state index contributed by atoms with van der Waals surface area (Å²) in [5, 5.41) is 12.6. The van der Waals surface area contributed by atoms with E-state index in [2.05, 4.69) is 5.32 Å². The number of carbonyl (C=O) groups excluding carboxylic acids is 1. The van der Waals surface area contributed by atoms with Crippen molar-refractivity contribution in [3.05, 3.63) is 64.8 Å². The molecular formula is C16H12FNO2S. The van der Waals surface area contributed by atoms with Crippen molar-refractivity contribution in [3.63, 3.8) is 0 Å². The average Bonchev–Trinajstić information content (AvgIpc) is 2.90. The Bertz CT molecular complexity index is 813. The molecule has 5 heteroatoms. The average molecular weight is 301 g/mol. The summed E-state index contributed by atoms with van der Waals surface area (Å²) in [5.41, 5.74) is 1.35. The van der Waals surface area contributed by atoms with E-state index in [0.717, 1.165) is 10.3 Å². The molecule has 0 radical (unpaired) electrons. The summed E-state index contributed by atoms with van der Waals surface area (Å²) in [4.78, 5) is 12.7. The van der Waals surface area contributed by atoms with Gasteiger partial charge in [0.05, 0.1) is 11.5 Å². The number of amides is 1. The third kappa shape index (κ3) is 2.94. The molecule has 0 saturated carbocycles. The Balaban J connectivity index is 1.86. The van der Waals surface area contributed by atoms with Gasteiger partial charge in [-0.2, -0.15) is 0 Å². The van der Waals surface area contributed by atoms with Crippen molar-refractivity contribution in [2.45, 2.75) is 6.61 Å². The Kier molecular flexibility index (Phi) is 3.68. The lowest BCUT2D eigenvalue weighted by Gasteiger charge is -2.04. The zero-order valence-corrected chi connectivity index (χ0v) is 11.8. The molecule has 2 aromatic carbocycles. The Hall–Kier alpha value is -2.24. The van der Waals surface area contributed by atoms with Crippen molar-refractivity contribution in [2.24, 2.45) is 0 Å². The van der Waals surface area contributed by atoms with Gasteiger partial charge in [0.1, 0.15) is 5.82 Å². The summed E-state index contributed by atoms with van der Waals surface area (Å²) in [7, 11) is 0. The highest BCUT2D eigenvalue weighted by Gasteiger charge is 2.11. The topological polar surface area (TPSA) is 49.3 Å². The monoisotopic (exact) mass is 301 g/mol. The molecular weight excluding hydrogens is 289 g/mol. The number of hydrogen-bond donors (Lipinski definition) is 2. The Labute approximate surface area is 124 Å². The van der Waals surface area contributed by atoms with Gasteiger partial charge in [-0.15, -0.1) is 11.3 Å². The molecule has 21 heavy (non-hydrogen) atoms. The van der Waals surface area contributed by atoms with Crippen LogP contribution < -0.4 is 5.32 Å². The number of nitrogens with one attached hydrogen (secondary N) is 1. The van der Waals surface area contributed by atoms with Crippen LogP contribution in [0.3, 0.4) is 0 Å². The van der Waals surface area contributed by atoms with E-state index < -0.39 is 0 Å². The van der Waals surface area contributed by atoms with Crippen molar-refractivity contribution >= 4 is 33.0 Å². The van der Waals surface area contributed by atoms with Gasteiger partial charge in [-0.3, -0.25) is 4.79 Å². The molecule has 2 N–H and O–H groups in total. The number of fused-ring (bicyclic) bond motifs is 1. The number of carbonyl (C=O) groups is 1. The molecule has 0 spiro atoms. The highest BCUT2D eigenvalue weighted by molar-refractivity contribution is 7.20. The van der Waals surface area contributed by atoms with Gasteiger partial charge in [-0.1, -0.05) is 12.1 Å². The van der Waals surface area contributed by atoms with E-state index >= 15 is 0 Å². The molecule has 106 valence electrons. The maximum atomic E-state index is 13.2. The Morgan fingerprint density at radius 3 is 2.86 bits per heavy atom. The predicted octanol–water partition coefficient (Wildman–Crippen LogP) is 3.79. The molecule has 3 aromatic rings. The zero-order valence-electron chi connectivity index (χ0n) is 11.0. The normalized spacial score (nSPS) is 10.8. The van der Waals surface area contributed by atoms with Crippen LogP contribution in [0.1, 0.15) is 15.2 Å². The van der Waals surface area contributed by atoms with Crippen molar-refractivity contribution in [1.82, 2.24) is 0 Å². The smallest absolute Gasteiger partial charge is 0.265 e. The maximum Gasteiger partial charge on any atom is 0.265 e. The van der Waals surface area contributed by atoms with Crippen LogP contribution >= 0.6 is 11.3 Å². The maximum absolute atomic E-state index is 13.2. The first-order chi connectivity index (χ1) is 10.2. The van der Waals surface area contributed by atoms with Gasteiger partial charge in [0.2, 0.25) is 0 Å². The Morgan fingerprint density at radius 1 is 1.19 bits per heavy atom. The van der Waals surface area contributed by atoms with Gasteiger partial charge in [0, 0.05) is 10.4 Å². The summed E-state index contributed by atoms with van der Waals surface area (Å²) >= 11 is 1.32. The first-order valence-electron chi connectivity index (χ1n) is 6.36. The van der Waals surface area contributed by atoms with Gasteiger partial charge < -0.3 is 10.4 Å². The molecule has 1 aromatic heterocycles. The second kappa shape index (κ2) is 5.63. The summed E-state index contributed by atoms with van der Waals surface area (Å²) < 4.78 is 14.0. The van der Waals surface area contributed by atoms with Gasteiger partial charge in [0.25, 0.3) is 5.91 Å². The number of benzene rings is 2. The lowest BCUT2D eigenvalue weighted by atomic mass is 10.2. The van der Waals surface area contributed by atoms with Gasteiger partial charge in [-0.05, 0) is 47.3 Å². The molecule has 1 amide bonds. The van der Waals surface area contributed by atoms with Crippen molar-refractivity contribution in [2.75, 3.05) is 5.32 Å². The van der Waals surface area contributed by atoms with Crippen LogP contribution in [-0.4, -0.2) is 11.0 Å². The number of aliphatic hydroxyl groups is 1. The first kappa shape index (κ1) is 13.7. The van der Waals surface area contributed by atoms with E-state index in [1.165, 1.54) is 23.5 Å². The molecule has 0 aliphatic rings. The molecule has 0 atom stereocenters. The van der Waals surface area contributed by atoms with Crippen LogP contribution in [0.4, 0.5) is 10.1 Å². The van der Waals surface area contributed by atoms with Crippen LogP contribution in [-0.2, 0) is 6.61 Å². The van der Waals surface area contributed by atoms with Crippen LogP contribution in [0.2, 0.25) is 0 Å². The van der Waals surface area contributed by atoms with Crippen LogP contribution in [0, 0.1) is 5.82 Å². The van der Waals surface area contributed by atoms with Crippen LogP contribution in [0.25, 0.3) is 10.1 Å². The summed E-state index contributed by atoms with van der Waals surface area (Å²) in [6.45, 7) is -0.0775. The molecule has 0 aliphatic heterocycles. The largest absolute Gasteiger partial charge is 0.392 e. The van der Waals surface area contributed by atoms with Crippen molar-refractivity contribution in [3.8, 4) is 0 Å². The standard InChI is InChI=1S/C16H12FNO2S/c17-12-4-5-14-11(7-12)8-15(21-14)16(20)18-13-3-1-2-10(6-13)9-19/h1-8,19H,9H2,(H,18,20). The van der Waals surface area contributed by atoms with Gasteiger partial charge in [-0.25, -0.2) is 4.39 Å². The molecule has 0 saturated heterocycles. The van der Waals surface area contributed by atoms with E-state index in [1.807, 2.05) is 0 Å². The number of rotatable bonds is 3. The second-order valence-corrected chi connectivity index (χ2v) is 5.69. The third-order valence-electron chi connectivity index (χ3n) is 3.07. The van der Waals surface area contributed by atoms with E-state index in [4.69, 9.17) is 5.11 Å². The lowest BCUT2D eigenvalue weighted by Crippen LogP contribution is -2.10. The molecule has 0 unspecified atom stereocenters. The fourth-order valence-electron chi connectivity index (χ4n) is 2.07. The fraction of sp³-hybridized carbons (Fsp3) is 0.0625. The van der Waals surface area contributed by atoms with Crippen molar-refractivity contribution < 1.29 is 14.3 Å². The lowest BCUT2D eigenvalue weighted by molar-refractivity contribution is 0.103. The minimum Gasteiger partial charge on any atom is -0.392 e. The highest BCUT2D eigenvalue weighted by Crippen LogP contribution is 2.27. The molecule has 3 rings (SSSR count). The molecule has 0 aliphatic carbocycles. The van der Waals surface area contributed by atoms with E-state index in [1.54, 1.807) is 36.4 Å². The van der Waals surface area contributed by atoms with Gasteiger partial charge in [0.15, 0.2) is 0 Å². The van der Waals surface area contributed by atoms with E-state index in [-0.39, 0.29) is 18.3 Å². The molecule has 0 fully saturated rings. The minimum absolute atomic E-state index is 0.0775. The quantitative estimate of drug-likeness (QED) is 0.773. The third-order valence-corrected chi connectivity index (χ3v) is 4.18. The molecule has 0 bridgehead atoms. The van der Waals surface area contributed by atoms with Crippen LogP contribution in [0.15, 0.2) is 48.5 Å². The minimum atomic E-state index is -0.317. The summed E-state index contributed by atoms with van der Waals surface area (Å²) in [5.74, 6) is -0.561. The van der Waals surface area contributed by atoms with Crippen molar-refractivity contribution in [1.29, 1.82) is 0 Å². The molecule has 1 heterocycles. The fourth-order valence-corrected chi connectivity index (χ4v) is 3.00. The number of aliphatic hydroxyl groups excluding tert-OH is 1. The zero-order chi connectivity index (χ0) is 14.8. The number of anilines is 1. The summed E-state index contributed by atoms with van der Waals surface area (Å²) in [6, 6.07) is 13.1. The summed E-state index contributed by atoms with van der Waals surface area (Å²) in [6.07, 6.45) is 0. The predicted molar refractivity (Wildman–Crippen MR) is 82.1 cm³/mol. The molecule has 3 nitrogen and oxygen atoms in total. The SMILES string of the molecule is O=C(Nc1cccc(CO)c1)c1cc2cc(F)ccc2s1. The number of hydrogen-bond acceptors (Lipinski definition) is 3. The number of halogens is 1.